The van der Waals surface area contributed by atoms with Crippen LogP contribution in [0.1, 0.15) is 20.7 Å². The van der Waals surface area contributed by atoms with Crippen LogP contribution in [0.4, 0.5) is 15.8 Å². The molecular formula is C24H15FN4O4. The predicted octanol–water partition coefficient (Wildman–Crippen LogP) is 2.97. The van der Waals surface area contributed by atoms with Crippen LogP contribution in [-0.4, -0.2) is 27.3 Å². The molecule has 0 unspecified atom stereocenters. The number of hydrogen-bond acceptors (Lipinski definition) is 5. The standard InChI is InChI=1S/C24H15FN4O4/c25-14-8-9-20-19(10-14)22(31)28(13-26-20)12-21(30)27-15-4-3-5-16(11-15)29-23(32)17-6-1-2-7-18(17)24(29)33/h1-11,13H,12H2,(H,27,30). The van der Waals surface area contributed by atoms with E-state index in [1.165, 1.54) is 24.5 Å². The van der Waals surface area contributed by atoms with Crippen molar-refractivity contribution < 1.29 is 18.8 Å². The highest BCUT2D eigenvalue weighted by Crippen LogP contribution is 2.29. The van der Waals surface area contributed by atoms with Crippen LogP contribution in [0.2, 0.25) is 0 Å². The molecule has 1 aromatic heterocycles. The molecule has 162 valence electrons. The van der Waals surface area contributed by atoms with Gasteiger partial charge in [-0.1, -0.05) is 18.2 Å². The molecule has 5 rings (SSSR count). The molecule has 3 aromatic carbocycles. The zero-order valence-electron chi connectivity index (χ0n) is 17.0. The summed E-state index contributed by atoms with van der Waals surface area (Å²) in [6.45, 7) is -0.352. The molecule has 0 radical (unpaired) electrons. The molecule has 0 spiro atoms. The van der Waals surface area contributed by atoms with Crippen molar-refractivity contribution in [2.75, 3.05) is 10.2 Å². The van der Waals surface area contributed by atoms with Crippen LogP contribution < -0.4 is 15.8 Å². The highest BCUT2D eigenvalue weighted by molar-refractivity contribution is 6.34. The Balaban J connectivity index is 1.37. The summed E-state index contributed by atoms with van der Waals surface area (Å²) < 4.78 is 14.6. The third kappa shape index (κ3) is 3.55. The van der Waals surface area contributed by atoms with E-state index in [9.17, 15) is 23.6 Å². The van der Waals surface area contributed by atoms with E-state index >= 15 is 0 Å². The van der Waals surface area contributed by atoms with Gasteiger partial charge >= 0.3 is 0 Å². The van der Waals surface area contributed by atoms with Crippen LogP contribution in [0.5, 0.6) is 0 Å². The topological polar surface area (TPSA) is 101 Å². The van der Waals surface area contributed by atoms with Crippen LogP contribution in [0.25, 0.3) is 10.9 Å². The summed E-state index contributed by atoms with van der Waals surface area (Å²) in [4.78, 5) is 55.7. The van der Waals surface area contributed by atoms with Crippen molar-refractivity contribution in [3.05, 3.63) is 100 Å². The molecule has 0 atom stereocenters. The zero-order chi connectivity index (χ0) is 23.1. The van der Waals surface area contributed by atoms with E-state index in [4.69, 9.17) is 0 Å². The maximum atomic E-state index is 13.5. The number of nitrogens with zero attached hydrogens (tertiary/aromatic N) is 3. The van der Waals surface area contributed by atoms with Gasteiger partial charge in [0.15, 0.2) is 0 Å². The van der Waals surface area contributed by atoms with Crippen LogP contribution in [0.15, 0.2) is 77.9 Å². The molecule has 2 heterocycles. The van der Waals surface area contributed by atoms with Crippen molar-refractivity contribution in [3.8, 4) is 0 Å². The molecule has 0 saturated heterocycles. The number of aromatic nitrogens is 2. The lowest BCUT2D eigenvalue weighted by atomic mass is 10.1. The van der Waals surface area contributed by atoms with Crippen molar-refractivity contribution in [2.45, 2.75) is 6.54 Å². The Morgan fingerprint density at radius 3 is 2.36 bits per heavy atom. The monoisotopic (exact) mass is 442 g/mol. The number of benzene rings is 3. The molecule has 0 bridgehead atoms. The summed E-state index contributed by atoms with van der Waals surface area (Å²) in [7, 11) is 0. The molecular weight excluding hydrogens is 427 g/mol. The Kier molecular flexibility index (Phi) is 4.78. The minimum absolute atomic E-state index is 0.0675. The first-order valence-electron chi connectivity index (χ1n) is 9.95. The smallest absolute Gasteiger partial charge is 0.266 e. The number of carbonyl (C=O) groups is 3. The van der Waals surface area contributed by atoms with Gasteiger partial charge in [-0.3, -0.25) is 23.7 Å². The molecule has 33 heavy (non-hydrogen) atoms. The van der Waals surface area contributed by atoms with E-state index in [0.717, 1.165) is 15.5 Å². The van der Waals surface area contributed by atoms with Gasteiger partial charge in [0.25, 0.3) is 17.4 Å². The number of carbonyl (C=O) groups excluding carboxylic acids is 3. The molecule has 4 aromatic rings. The van der Waals surface area contributed by atoms with Gasteiger partial charge in [-0.05, 0) is 48.5 Å². The normalized spacial score (nSPS) is 12.8. The first-order valence-corrected chi connectivity index (χ1v) is 9.95. The Morgan fingerprint density at radius 2 is 1.64 bits per heavy atom. The number of fused-ring (bicyclic) bond motifs is 2. The number of imide groups is 1. The number of hydrogen-bond donors (Lipinski definition) is 1. The highest BCUT2D eigenvalue weighted by Gasteiger charge is 2.36. The van der Waals surface area contributed by atoms with Gasteiger partial charge in [-0.25, -0.2) is 14.3 Å². The summed E-state index contributed by atoms with van der Waals surface area (Å²) in [5.41, 5.74) is 1.05. The first-order chi connectivity index (χ1) is 15.9. The van der Waals surface area contributed by atoms with Gasteiger partial charge in [-0.15, -0.1) is 0 Å². The van der Waals surface area contributed by atoms with Crippen LogP contribution in [-0.2, 0) is 11.3 Å². The second-order valence-corrected chi connectivity index (χ2v) is 7.43. The quantitative estimate of drug-likeness (QED) is 0.490. The Bertz CT molecular complexity index is 1490. The summed E-state index contributed by atoms with van der Waals surface area (Å²) in [5.74, 6) is -2.00. The number of rotatable bonds is 4. The van der Waals surface area contributed by atoms with E-state index in [1.54, 1.807) is 42.5 Å². The molecule has 3 amide bonds. The second kappa shape index (κ2) is 7.79. The molecule has 8 nitrogen and oxygen atoms in total. The number of halogens is 1. The average Bonchev–Trinajstić information content (AvgIpc) is 3.06. The molecule has 1 N–H and O–H groups in total. The van der Waals surface area contributed by atoms with Crippen molar-refractivity contribution in [1.82, 2.24) is 9.55 Å². The van der Waals surface area contributed by atoms with Crippen molar-refractivity contribution in [2.24, 2.45) is 0 Å². The maximum Gasteiger partial charge on any atom is 0.266 e. The lowest BCUT2D eigenvalue weighted by Gasteiger charge is -2.15. The average molecular weight is 442 g/mol. The second-order valence-electron chi connectivity index (χ2n) is 7.43. The SMILES string of the molecule is O=C(Cn1cnc2ccc(F)cc2c1=O)Nc1cccc(N2C(=O)c3ccccc3C2=O)c1. The van der Waals surface area contributed by atoms with Gasteiger partial charge in [-0.2, -0.15) is 0 Å². The Hall–Kier alpha value is -4.66. The van der Waals surface area contributed by atoms with E-state index in [-0.39, 0.29) is 11.9 Å². The molecule has 0 saturated carbocycles. The van der Waals surface area contributed by atoms with E-state index in [2.05, 4.69) is 10.3 Å². The lowest BCUT2D eigenvalue weighted by molar-refractivity contribution is -0.116. The molecule has 1 aliphatic rings. The maximum absolute atomic E-state index is 13.5. The lowest BCUT2D eigenvalue weighted by Crippen LogP contribution is -2.30. The fraction of sp³-hybridized carbons (Fsp3) is 0.0417. The number of anilines is 2. The van der Waals surface area contributed by atoms with Crippen LogP contribution in [0.3, 0.4) is 0 Å². The van der Waals surface area contributed by atoms with Gasteiger partial charge in [0, 0.05) is 5.69 Å². The van der Waals surface area contributed by atoms with E-state index in [1.807, 2.05) is 0 Å². The third-order valence-corrected chi connectivity index (χ3v) is 5.28. The van der Waals surface area contributed by atoms with E-state index in [0.29, 0.717) is 28.0 Å². The van der Waals surface area contributed by atoms with Crippen LogP contribution in [0, 0.1) is 5.82 Å². The van der Waals surface area contributed by atoms with Crippen molar-refractivity contribution in [1.29, 1.82) is 0 Å². The van der Waals surface area contributed by atoms with Crippen molar-refractivity contribution in [3.63, 3.8) is 0 Å². The predicted molar refractivity (Wildman–Crippen MR) is 119 cm³/mol. The summed E-state index contributed by atoms with van der Waals surface area (Å²) in [5, 5.41) is 2.71. The Morgan fingerprint density at radius 1 is 0.909 bits per heavy atom. The highest BCUT2D eigenvalue weighted by atomic mass is 19.1. The fourth-order valence-electron chi connectivity index (χ4n) is 3.75. The van der Waals surface area contributed by atoms with Gasteiger partial charge in [0.2, 0.25) is 5.91 Å². The molecule has 9 heteroatoms. The molecule has 0 aliphatic carbocycles. The minimum atomic E-state index is -0.575. The molecule has 0 fully saturated rings. The van der Waals surface area contributed by atoms with E-state index < -0.39 is 29.1 Å². The number of nitrogens with one attached hydrogen (secondary N) is 1. The third-order valence-electron chi connectivity index (χ3n) is 5.28. The van der Waals surface area contributed by atoms with Gasteiger partial charge in [0.1, 0.15) is 12.4 Å². The van der Waals surface area contributed by atoms with Crippen LogP contribution >= 0.6 is 0 Å². The molecule has 1 aliphatic heterocycles. The zero-order valence-corrected chi connectivity index (χ0v) is 17.0. The largest absolute Gasteiger partial charge is 0.324 e. The summed E-state index contributed by atoms with van der Waals surface area (Å²) >= 11 is 0. The van der Waals surface area contributed by atoms with Gasteiger partial charge < -0.3 is 5.32 Å². The van der Waals surface area contributed by atoms with Crippen molar-refractivity contribution >= 4 is 40.0 Å². The fourth-order valence-corrected chi connectivity index (χ4v) is 3.75. The summed E-state index contributed by atoms with van der Waals surface area (Å²) in [6.07, 6.45) is 1.22. The summed E-state index contributed by atoms with van der Waals surface area (Å²) in [6, 6.07) is 16.5. The number of amides is 3. The van der Waals surface area contributed by atoms with Gasteiger partial charge in [0.05, 0.1) is 34.0 Å². The first kappa shape index (κ1) is 20.3. The minimum Gasteiger partial charge on any atom is -0.324 e. The Labute approximate surface area is 185 Å².